The fourth-order valence-electron chi connectivity index (χ4n) is 2.44. The minimum absolute atomic E-state index is 0.103. The van der Waals surface area contributed by atoms with E-state index in [4.69, 9.17) is 24.1 Å². The van der Waals surface area contributed by atoms with Crippen LogP contribution in [0.4, 0.5) is 0 Å². The van der Waals surface area contributed by atoms with E-state index in [1.807, 2.05) is 0 Å². The number of rotatable bonds is 4. The summed E-state index contributed by atoms with van der Waals surface area (Å²) in [7, 11) is 0. The van der Waals surface area contributed by atoms with Crippen molar-refractivity contribution >= 4 is 11.9 Å². The van der Waals surface area contributed by atoms with Crippen molar-refractivity contribution in [2.45, 2.75) is 44.9 Å². The second-order valence-electron chi connectivity index (χ2n) is 5.68. The first-order valence-corrected chi connectivity index (χ1v) is 7.02. The Bertz CT molecular complexity index is 497. The molecule has 3 unspecified atom stereocenters. The summed E-state index contributed by atoms with van der Waals surface area (Å²) in [5.74, 6) is -6.61. The smallest absolute Gasteiger partial charge is 0.377 e. The van der Waals surface area contributed by atoms with Gasteiger partial charge >= 0.3 is 17.7 Å². The Hall–Kier alpha value is -1.64. The van der Waals surface area contributed by atoms with Crippen LogP contribution in [0, 0.1) is 5.92 Å². The summed E-state index contributed by atoms with van der Waals surface area (Å²) in [4.78, 5) is 23.1. The zero-order valence-electron chi connectivity index (χ0n) is 12.7. The zero-order valence-corrected chi connectivity index (χ0v) is 12.7. The first kappa shape index (κ1) is 16.7. The largest absolute Gasteiger partial charge is 0.476 e. The molecule has 8 heteroatoms. The summed E-state index contributed by atoms with van der Waals surface area (Å²) in [5.41, 5.74) is 0. The monoisotopic (exact) mass is 316 g/mol. The second kappa shape index (κ2) is 5.86. The lowest BCUT2D eigenvalue weighted by atomic mass is 9.90. The van der Waals surface area contributed by atoms with Crippen molar-refractivity contribution in [3.8, 4) is 0 Å². The van der Waals surface area contributed by atoms with Gasteiger partial charge in [0.15, 0.2) is 5.79 Å². The van der Waals surface area contributed by atoms with E-state index in [1.54, 1.807) is 20.8 Å². The van der Waals surface area contributed by atoms with Crippen LogP contribution >= 0.6 is 0 Å². The molecule has 1 saturated heterocycles. The summed E-state index contributed by atoms with van der Waals surface area (Å²) < 4.78 is 20.8. The van der Waals surface area contributed by atoms with Gasteiger partial charge in [-0.1, -0.05) is 0 Å². The van der Waals surface area contributed by atoms with Crippen LogP contribution in [-0.4, -0.2) is 53.0 Å². The topological polar surface area (TPSA) is 112 Å². The lowest BCUT2D eigenvalue weighted by Gasteiger charge is -2.34. The molecule has 2 rings (SSSR count). The Morgan fingerprint density at radius 3 is 2.64 bits per heavy atom. The van der Waals surface area contributed by atoms with Gasteiger partial charge in [0.1, 0.15) is 0 Å². The quantitative estimate of drug-likeness (QED) is 0.717. The third-order valence-corrected chi connectivity index (χ3v) is 3.48. The number of hydrogen-bond donors (Lipinski definition) is 2. The van der Waals surface area contributed by atoms with Crippen LogP contribution < -0.4 is 0 Å². The van der Waals surface area contributed by atoms with Gasteiger partial charge in [-0.05, 0) is 26.8 Å². The second-order valence-corrected chi connectivity index (χ2v) is 5.68. The summed E-state index contributed by atoms with van der Waals surface area (Å²) in [6.45, 7) is 5.39. The summed E-state index contributed by atoms with van der Waals surface area (Å²) in [5, 5.41) is 19.3. The fraction of sp³-hybridized carbons (Fsp3) is 0.714. The molecule has 8 nitrogen and oxygen atoms in total. The molecule has 2 aliphatic heterocycles. The third kappa shape index (κ3) is 3.40. The van der Waals surface area contributed by atoms with Crippen molar-refractivity contribution in [3.63, 3.8) is 0 Å². The minimum Gasteiger partial charge on any atom is -0.476 e. The van der Waals surface area contributed by atoms with Crippen molar-refractivity contribution in [1.82, 2.24) is 0 Å². The van der Waals surface area contributed by atoms with Gasteiger partial charge in [-0.2, -0.15) is 0 Å². The van der Waals surface area contributed by atoms with Crippen LogP contribution in [0.1, 0.15) is 27.2 Å². The molecule has 3 atom stereocenters. The van der Waals surface area contributed by atoms with Gasteiger partial charge in [-0.15, -0.1) is 0 Å². The molecule has 2 heterocycles. The molecule has 0 spiro atoms. The predicted octanol–water partition coefficient (Wildman–Crippen LogP) is 0.395. The number of hydrogen-bond acceptors (Lipinski definition) is 7. The van der Waals surface area contributed by atoms with Crippen LogP contribution in [-0.2, 0) is 28.5 Å². The minimum atomic E-state index is -2.50. The van der Waals surface area contributed by atoms with Crippen LogP contribution in [0.3, 0.4) is 0 Å². The SMILES string of the molecule is CCOC(=O)C1=CC(C2COC(C)(C)O2)CC(O)(C(=O)O)O1. The highest BCUT2D eigenvalue weighted by atomic mass is 16.7. The van der Waals surface area contributed by atoms with Crippen molar-refractivity contribution in [2.75, 3.05) is 13.2 Å². The molecule has 2 N–H and O–H groups in total. The van der Waals surface area contributed by atoms with Gasteiger partial charge in [0.25, 0.3) is 0 Å². The molecule has 0 amide bonds. The number of carboxylic acid groups (broad SMARTS) is 1. The molecule has 0 aliphatic carbocycles. The number of carbonyl (C=O) groups excluding carboxylic acids is 1. The third-order valence-electron chi connectivity index (χ3n) is 3.48. The highest BCUT2D eigenvalue weighted by Gasteiger charge is 2.50. The van der Waals surface area contributed by atoms with Gasteiger partial charge < -0.3 is 29.2 Å². The Morgan fingerprint density at radius 2 is 2.14 bits per heavy atom. The molecule has 124 valence electrons. The molecule has 22 heavy (non-hydrogen) atoms. The van der Waals surface area contributed by atoms with Crippen LogP contribution in [0.15, 0.2) is 11.8 Å². The lowest BCUT2D eigenvalue weighted by molar-refractivity contribution is -0.226. The molecule has 1 fully saturated rings. The van der Waals surface area contributed by atoms with E-state index in [2.05, 4.69) is 0 Å². The summed E-state index contributed by atoms with van der Waals surface area (Å²) in [6.07, 6.45) is 0.675. The molecule has 0 saturated carbocycles. The maximum atomic E-state index is 11.8. The Kier molecular flexibility index (Phi) is 4.46. The maximum absolute atomic E-state index is 11.8. The van der Waals surface area contributed by atoms with E-state index in [1.165, 1.54) is 6.08 Å². The van der Waals surface area contributed by atoms with Gasteiger partial charge in [0.05, 0.1) is 19.3 Å². The van der Waals surface area contributed by atoms with Crippen molar-refractivity contribution < 1.29 is 38.7 Å². The number of esters is 1. The number of carboxylic acids is 1. The summed E-state index contributed by atoms with van der Waals surface area (Å²) >= 11 is 0. The fourth-order valence-corrected chi connectivity index (χ4v) is 2.44. The number of aliphatic hydroxyl groups is 1. The Labute approximate surface area is 127 Å². The Morgan fingerprint density at radius 1 is 1.45 bits per heavy atom. The van der Waals surface area contributed by atoms with Crippen molar-refractivity contribution in [3.05, 3.63) is 11.8 Å². The van der Waals surface area contributed by atoms with Gasteiger partial charge in [-0.25, -0.2) is 9.59 Å². The van der Waals surface area contributed by atoms with Crippen molar-refractivity contribution in [2.24, 2.45) is 5.92 Å². The number of ether oxygens (including phenoxy) is 4. The average Bonchev–Trinajstić information content (AvgIpc) is 2.78. The number of carbonyl (C=O) groups is 2. The van der Waals surface area contributed by atoms with Crippen molar-refractivity contribution in [1.29, 1.82) is 0 Å². The highest BCUT2D eigenvalue weighted by molar-refractivity contribution is 5.88. The van der Waals surface area contributed by atoms with E-state index in [-0.39, 0.29) is 25.4 Å². The maximum Gasteiger partial charge on any atom is 0.377 e. The van der Waals surface area contributed by atoms with Gasteiger partial charge in [-0.3, -0.25) is 0 Å². The van der Waals surface area contributed by atoms with Crippen LogP contribution in [0.5, 0.6) is 0 Å². The van der Waals surface area contributed by atoms with E-state index in [0.717, 1.165) is 0 Å². The standard InChI is InChI=1S/C14H20O8/c1-4-19-11(15)9-5-8(6-14(18,22-9)12(16)17)10-7-20-13(2,3)21-10/h5,8,10,18H,4,6-7H2,1-3H3,(H,16,17). The molecule has 0 aromatic carbocycles. The van der Waals surface area contributed by atoms with E-state index >= 15 is 0 Å². The van der Waals surface area contributed by atoms with Gasteiger partial charge in [0.2, 0.25) is 5.76 Å². The van der Waals surface area contributed by atoms with E-state index in [9.17, 15) is 14.7 Å². The molecule has 0 radical (unpaired) electrons. The summed E-state index contributed by atoms with van der Waals surface area (Å²) in [6, 6.07) is 0. The molecular weight excluding hydrogens is 296 g/mol. The first-order chi connectivity index (χ1) is 10.2. The normalized spacial score (nSPS) is 33.7. The van der Waals surface area contributed by atoms with E-state index < -0.39 is 35.5 Å². The number of aliphatic carboxylic acids is 1. The van der Waals surface area contributed by atoms with Gasteiger partial charge in [0, 0.05) is 12.3 Å². The Balaban J connectivity index is 2.25. The van der Waals surface area contributed by atoms with E-state index in [0.29, 0.717) is 0 Å². The molecule has 0 bridgehead atoms. The molecular formula is C14H20O8. The molecule has 2 aliphatic rings. The predicted molar refractivity (Wildman–Crippen MR) is 71.4 cm³/mol. The van der Waals surface area contributed by atoms with Crippen LogP contribution in [0.25, 0.3) is 0 Å². The molecule has 0 aromatic heterocycles. The first-order valence-electron chi connectivity index (χ1n) is 7.02. The zero-order chi connectivity index (χ0) is 16.5. The van der Waals surface area contributed by atoms with Crippen LogP contribution in [0.2, 0.25) is 0 Å². The highest BCUT2D eigenvalue weighted by Crippen LogP contribution is 2.37. The lowest BCUT2D eigenvalue weighted by Crippen LogP contribution is -2.48. The molecule has 0 aromatic rings. The average molecular weight is 316 g/mol.